The molecule has 1 heterocycles. The highest BCUT2D eigenvalue weighted by atomic mass is 19.1. The molecule has 3 N–H and O–H groups in total. The molecule has 6 nitrogen and oxygen atoms in total. The Balaban J connectivity index is 1.51. The van der Waals surface area contributed by atoms with Crippen molar-refractivity contribution < 1.29 is 23.1 Å². The van der Waals surface area contributed by atoms with Crippen molar-refractivity contribution in [1.29, 1.82) is 0 Å². The Morgan fingerprint density at radius 2 is 1.57 bits per heavy atom. The number of ether oxygens (including phenoxy) is 1. The maximum absolute atomic E-state index is 13.9. The zero-order valence-corrected chi connectivity index (χ0v) is 24.5. The number of aryl methyl sites for hydroxylation is 2. The molecule has 0 aliphatic carbocycles. The Morgan fingerprint density at radius 3 is 2.26 bits per heavy atom. The van der Waals surface area contributed by atoms with Gasteiger partial charge < -0.3 is 20.7 Å². The number of amides is 1. The number of nitrogens with one attached hydrogen (secondary N) is 1. The quantitative estimate of drug-likeness (QED) is 0.284. The minimum absolute atomic E-state index is 0.0907. The molecule has 0 bridgehead atoms. The second kappa shape index (κ2) is 15.0. The van der Waals surface area contributed by atoms with Gasteiger partial charge in [-0.2, -0.15) is 0 Å². The van der Waals surface area contributed by atoms with E-state index >= 15 is 0 Å². The first kappa shape index (κ1) is 31.3. The van der Waals surface area contributed by atoms with Gasteiger partial charge in [0.1, 0.15) is 17.7 Å². The van der Waals surface area contributed by atoms with Gasteiger partial charge in [0.05, 0.1) is 5.56 Å². The first-order chi connectivity index (χ1) is 20.2. The van der Waals surface area contributed by atoms with Crippen LogP contribution in [0.15, 0.2) is 60.7 Å². The van der Waals surface area contributed by atoms with Crippen LogP contribution in [0.2, 0.25) is 0 Å². The molecule has 1 fully saturated rings. The summed E-state index contributed by atoms with van der Waals surface area (Å²) in [7, 11) is 0. The minimum Gasteiger partial charge on any atom is -0.456 e. The molecule has 42 heavy (non-hydrogen) atoms. The predicted octanol–water partition coefficient (Wildman–Crippen LogP) is 5.74. The second-order valence-corrected chi connectivity index (χ2v) is 11.2. The molecule has 0 spiro atoms. The van der Waals surface area contributed by atoms with Gasteiger partial charge in [-0.15, -0.1) is 0 Å². The van der Waals surface area contributed by atoms with Crippen molar-refractivity contribution in [2.75, 3.05) is 19.6 Å². The molecule has 0 radical (unpaired) electrons. The first-order valence-electron chi connectivity index (χ1n) is 14.8. The van der Waals surface area contributed by atoms with Crippen LogP contribution in [0.5, 0.6) is 0 Å². The summed E-state index contributed by atoms with van der Waals surface area (Å²) in [6.07, 6.45) is 4.37. The molecule has 1 aliphatic rings. The van der Waals surface area contributed by atoms with E-state index in [1.165, 1.54) is 17.7 Å². The molecule has 0 unspecified atom stereocenters. The highest BCUT2D eigenvalue weighted by molar-refractivity contribution is 5.98. The number of likely N-dealkylation sites (tertiary alicyclic amines) is 1. The van der Waals surface area contributed by atoms with Crippen LogP contribution in [-0.2, 0) is 24.1 Å². The van der Waals surface area contributed by atoms with E-state index in [1.807, 2.05) is 24.0 Å². The van der Waals surface area contributed by atoms with Gasteiger partial charge in [0.15, 0.2) is 0 Å². The molecule has 8 heteroatoms. The molecule has 4 rings (SSSR count). The number of hydrogen-bond donors (Lipinski definition) is 2. The highest BCUT2D eigenvalue weighted by Crippen LogP contribution is 2.19. The lowest BCUT2D eigenvalue weighted by Crippen LogP contribution is -2.46. The fourth-order valence-electron chi connectivity index (χ4n) is 5.42. The van der Waals surface area contributed by atoms with Crippen LogP contribution in [0.4, 0.5) is 8.78 Å². The zero-order valence-electron chi connectivity index (χ0n) is 24.5. The van der Waals surface area contributed by atoms with E-state index in [2.05, 4.69) is 24.4 Å². The number of benzene rings is 3. The summed E-state index contributed by atoms with van der Waals surface area (Å²) >= 11 is 0. The van der Waals surface area contributed by atoms with Crippen LogP contribution >= 0.6 is 0 Å². The highest BCUT2D eigenvalue weighted by Gasteiger charge is 2.25. The normalized spacial score (nSPS) is 15.1. The molecule has 224 valence electrons. The summed E-state index contributed by atoms with van der Waals surface area (Å²) in [6.45, 7) is 6.10. The molecule has 3 aromatic carbocycles. The van der Waals surface area contributed by atoms with Gasteiger partial charge in [-0.1, -0.05) is 44.0 Å². The van der Waals surface area contributed by atoms with Gasteiger partial charge >= 0.3 is 5.97 Å². The first-order valence-corrected chi connectivity index (χ1v) is 14.8. The Morgan fingerprint density at radius 1 is 0.905 bits per heavy atom. The summed E-state index contributed by atoms with van der Waals surface area (Å²) in [6, 6.07) is 15.8. The van der Waals surface area contributed by atoms with Crippen molar-refractivity contribution in [3.8, 4) is 0 Å². The average molecular weight is 578 g/mol. The molecule has 2 atom stereocenters. The number of rotatable bonds is 11. The third-order valence-corrected chi connectivity index (χ3v) is 7.66. The lowest BCUT2D eigenvalue weighted by molar-refractivity contribution is 0.0238. The summed E-state index contributed by atoms with van der Waals surface area (Å²) in [4.78, 5) is 28.6. The monoisotopic (exact) mass is 577 g/mol. The second-order valence-electron chi connectivity index (χ2n) is 11.2. The Kier molecular flexibility index (Phi) is 11.2. The van der Waals surface area contributed by atoms with E-state index in [1.54, 1.807) is 18.2 Å². The fourth-order valence-corrected chi connectivity index (χ4v) is 5.42. The number of halogens is 2. The number of carbonyl (C=O) groups excluding carboxylic acids is 2. The SMILES string of the molecule is CCc1cccc(CNC[C@@H](OC(=O)c2cc(C)cc(C(=O)N3CCCCCC3)c2)[C@@H](N)Cc2cc(F)cc(F)c2)c1. The van der Waals surface area contributed by atoms with Gasteiger partial charge in [0.25, 0.3) is 5.91 Å². The van der Waals surface area contributed by atoms with Crippen LogP contribution in [-0.4, -0.2) is 48.6 Å². The molecule has 0 saturated carbocycles. The predicted molar refractivity (Wildman–Crippen MR) is 160 cm³/mol. The van der Waals surface area contributed by atoms with Crippen molar-refractivity contribution >= 4 is 11.9 Å². The van der Waals surface area contributed by atoms with Gasteiger partial charge in [-0.3, -0.25) is 4.79 Å². The van der Waals surface area contributed by atoms with Crippen molar-refractivity contribution in [3.63, 3.8) is 0 Å². The third kappa shape index (κ3) is 8.94. The smallest absolute Gasteiger partial charge is 0.338 e. The minimum atomic E-state index is -0.802. The molecular weight excluding hydrogens is 536 g/mol. The van der Waals surface area contributed by atoms with Gasteiger partial charge in [0.2, 0.25) is 0 Å². The largest absolute Gasteiger partial charge is 0.456 e. The third-order valence-electron chi connectivity index (χ3n) is 7.66. The van der Waals surface area contributed by atoms with Crippen molar-refractivity contribution in [2.45, 2.75) is 71.1 Å². The summed E-state index contributed by atoms with van der Waals surface area (Å²) in [5.74, 6) is -2.08. The fraction of sp³-hybridized carbons (Fsp3) is 0.412. The summed E-state index contributed by atoms with van der Waals surface area (Å²) in [5, 5.41) is 3.32. The van der Waals surface area contributed by atoms with Crippen molar-refractivity contribution in [1.82, 2.24) is 10.2 Å². The number of nitrogens with two attached hydrogens (primary N) is 1. The van der Waals surface area contributed by atoms with Gasteiger partial charge in [-0.05, 0) is 85.2 Å². The number of hydrogen-bond acceptors (Lipinski definition) is 5. The molecule has 1 aliphatic heterocycles. The van der Waals surface area contributed by atoms with E-state index in [-0.39, 0.29) is 24.4 Å². The van der Waals surface area contributed by atoms with Crippen molar-refractivity contribution in [2.24, 2.45) is 5.73 Å². The van der Waals surface area contributed by atoms with E-state index in [0.717, 1.165) is 49.3 Å². The van der Waals surface area contributed by atoms with Crippen molar-refractivity contribution in [3.05, 3.63) is 106 Å². The Bertz CT molecular complexity index is 1350. The van der Waals surface area contributed by atoms with Crippen LogP contribution < -0.4 is 11.1 Å². The summed E-state index contributed by atoms with van der Waals surface area (Å²) in [5.41, 5.74) is 10.7. The molecule has 1 saturated heterocycles. The Labute approximate surface area is 247 Å². The molecule has 1 amide bonds. The number of nitrogens with zero attached hydrogens (tertiary/aromatic N) is 1. The zero-order chi connectivity index (χ0) is 30.1. The Hall–Kier alpha value is -3.62. The summed E-state index contributed by atoms with van der Waals surface area (Å²) < 4.78 is 33.6. The number of esters is 1. The molecule has 3 aromatic rings. The average Bonchev–Trinajstić information content (AvgIpc) is 3.25. The van der Waals surface area contributed by atoms with E-state index in [4.69, 9.17) is 10.5 Å². The number of carbonyl (C=O) groups is 2. The maximum Gasteiger partial charge on any atom is 0.338 e. The van der Waals surface area contributed by atoms with Crippen LogP contribution in [0.3, 0.4) is 0 Å². The van der Waals surface area contributed by atoms with Gasteiger partial charge in [-0.25, -0.2) is 13.6 Å². The van der Waals surface area contributed by atoms with Gasteiger partial charge in [0, 0.05) is 43.9 Å². The standard InChI is InChI=1S/C34H41F2N3O3/c1-3-24-9-8-10-25(15-24)21-38-22-32(31(37)18-26-16-29(35)20-30(36)17-26)42-34(41)28-14-23(2)13-27(19-28)33(40)39-11-6-4-5-7-12-39/h8-10,13-17,19-20,31-32,38H,3-7,11-12,18,21-22,37H2,1-2H3/t31-,32+/m0/s1. The van der Waals surface area contributed by atoms with E-state index in [0.29, 0.717) is 30.8 Å². The molecular formula is C34H41F2N3O3. The van der Waals surface area contributed by atoms with Crippen LogP contribution in [0.1, 0.15) is 75.6 Å². The van der Waals surface area contributed by atoms with Crippen LogP contribution in [0.25, 0.3) is 0 Å². The van der Waals surface area contributed by atoms with E-state index in [9.17, 15) is 18.4 Å². The lowest BCUT2D eigenvalue weighted by atomic mass is 10.0. The topological polar surface area (TPSA) is 84.7 Å². The maximum atomic E-state index is 13.9. The lowest BCUT2D eigenvalue weighted by Gasteiger charge is -2.25. The van der Waals surface area contributed by atoms with E-state index < -0.39 is 29.7 Å². The van der Waals surface area contributed by atoms with Crippen LogP contribution in [0, 0.1) is 18.6 Å². The molecule has 0 aromatic heterocycles.